The number of carbonyl (C=O) groups is 1. The van der Waals surface area contributed by atoms with Crippen LogP contribution in [0.3, 0.4) is 0 Å². The fourth-order valence-electron chi connectivity index (χ4n) is 1.74. The lowest BCUT2D eigenvalue weighted by atomic mass is 10.1. The predicted octanol–water partition coefficient (Wildman–Crippen LogP) is 1.73. The van der Waals surface area contributed by atoms with Crippen LogP contribution >= 0.6 is 0 Å². The van der Waals surface area contributed by atoms with Crippen molar-refractivity contribution >= 4 is 17.6 Å². The average Bonchev–Trinajstić information content (AvgIpc) is 2.47. The van der Waals surface area contributed by atoms with Crippen LogP contribution in [0.5, 0.6) is 0 Å². The van der Waals surface area contributed by atoms with Crippen LogP contribution in [0.25, 0.3) is 0 Å². The highest BCUT2D eigenvalue weighted by molar-refractivity contribution is 5.88. The molecule has 0 spiro atoms. The van der Waals surface area contributed by atoms with Crippen molar-refractivity contribution < 1.29 is 9.53 Å². The third kappa shape index (κ3) is 6.58. The Morgan fingerprint density at radius 2 is 2.05 bits per heavy atom. The largest absolute Gasteiger partial charge is 0.377 e. The molecule has 0 atom stereocenters. The summed E-state index contributed by atoms with van der Waals surface area (Å²) in [7, 11) is 3.41. The maximum Gasteiger partial charge on any atom is 0.221 e. The zero-order chi connectivity index (χ0) is 16.6. The number of carbonyl (C=O) groups excluding carboxylic acids is 1. The van der Waals surface area contributed by atoms with Crippen molar-refractivity contribution in [2.45, 2.75) is 32.9 Å². The molecule has 6 heteroatoms. The molecule has 0 saturated carbocycles. The van der Waals surface area contributed by atoms with Crippen molar-refractivity contribution in [1.82, 2.24) is 10.6 Å². The number of hydrogen-bond donors (Lipinski definition) is 3. The van der Waals surface area contributed by atoms with E-state index >= 15 is 0 Å². The second-order valence-electron chi connectivity index (χ2n) is 5.62. The van der Waals surface area contributed by atoms with Gasteiger partial charge in [-0.25, -0.2) is 0 Å². The second-order valence-corrected chi connectivity index (χ2v) is 5.62. The highest BCUT2D eigenvalue weighted by Gasteiger charge is 2.16. The summed E-state index contributed by atoms with van der Waals surface area (Å²) in [6.45, 7) is 6.76. The molecule has 1 amide bonds. The lowest BCUT2D eigenvalue weighted by Crippen LogP contribution is -2.45. The summed E-state index contributed by atoms with van der Waals surface area (Å²) in [4.78, 5) is 15.3. The molecule has 6 nitrogen and oxygen atoms in total. The molecule has 0 radical (unpaired) electrons. The van der Waals surface area contributed by atoms with Gasteiger partial charge in [0, 0.05) is 39.9 Å². The number of rotatable bonds is 6. The van der Waals surface area contributed by atoms with E-state index in [-0.39, 0.29) is 11.5 Å². The Bertz CT molecular complexity index is 527. The van der Waals surface area contributed by atoms with E-state index in [1.165, 1.54) is 6.92 Å². The number of nitrogens with zero attached hydrogens (tertiary/aromatic N) is 1. The molecule has 0 aliphatic heterocycles. The molecule has 22 heavy (non-hydrogen) atoms. The topological polar surface area (TPSA) is 74.8 Å². The molecule has 0 aliphatic carbocycles. The molecule has 1 rings (SSSR count). The number of benzene rings is 1. The van der Waals surface area contributed by atoms with Gasteiger partial charge in [-0.1, -0.05) is 12.1 Å². The van der Waals surface area contributed by atoms with Crippen molar-refractivity contribution in [1.29, 1.82) is 0 Å². The number of methoxy groups -OCH3 is 1. The third-order valence-corrected chi connectivity index (χ3v) is 3.17. The maximum absolute atomic E-state index is 11.1. The number of nitrogens with one attached hydrogen (secondary N) is 3. The molecule has 0 unspecified atom stereocenters. The molecule has 0 bridgehead atoms. The first-order valence-corrected chi connectivity index (χ1v) is 7.22. The van der Waals surface area contributed by atoms with Crippen LogP contribution in [0, 0.1) is 0 Å². The molecular weight excluding hydrogens is 280 g/mol. The van der Waals surface area contributed by atoms with Gasteiger partial charge in [-0.2, -0.15) is 0 Å². The van der Waals surface area contributed by atoms with Gasteiger partial charge in [-0.3, -0.25) is 9.79 Å². The van der Waals surface area contributed by atoms with Crippen LogP contribution in [-0.4, -0.2) is 38.2 Å². The summed E-state index contributed by atoms with van der Waals surface area (Å²) in [5.41, 5.74) is 1.58. The zero-order valence-electron chi connectivity index (χ0n) is 14.0. The van der Waals surface area contributed by atoms with Gasteiger partial charge in [0.15, 0.2) is 5.96 Å². The van der Waals surface area contributed by atoms with Crippen molar-refractivity contribution in [3.8, 4) is 0 Å². The lowest BCUT2D eigenvalue weighted by molar-refractivity contribution is -0.114. The smallest absolute Gasteiger partial charge is 0.221 e. The Labute approximate surface area is 132 Å². The number of amides is 1. The van der Waals surface area contributed by atoms with E-state index in [2.05, 4.69) is 20.9 Å². The summed E-state index contributed by atoms with van der Waals surface area (Å²) < 4.78 is 5.36. The summed E-state index contributed by atoms with van der Waals surface area (Å²) in [6, 6.07) is 7.69. The van der Waals surface area contributed by atoms with Gasteiger partial charge in [0.1, 0.15) is 0 Å². The van der Waals surface area contributed by atoms with E-state index < -0.39 is 0 Å². The molecular formula is C16H26N4O2. The average molecular weight is 306 g/mol. The normalized spacial score (nSPS) is 12.0. The number of anilines is 1. The minimum absolute atomic E-state index is 0.0793. The second kappa shape index (κ2) is 8.38. The Morgan fingerprint density at radius 1 is 1.32 bits per heavy atom. The van der Waals surface area contributed by atoms with Gasteiger partial charge in [-0.15, -0.1) is 0 Å². The van der Waals surface area contributed by atoms with Crippen LogP contribution in [0.4, 0.5) is 5.69 Å². The van der Waals surface area contributed by atoms with Crippen LogP contribution in [0.1, 0.15) is 26.3 Å². The molecule has 3 N–H and O–H groups in total. The summed E-state index contributed by atoms with van der Waals surface area (Å²) >= 11 is 0. The van der Waals surface area contributed by atoms with Crippen molar-refractivity contribution in [3.63, 3.8) is 0 Å². The van der Waals surface area contributed by atoms with Gasteiger partial charge in [-0.05, 0) is 31.5 Å². The lowest BCUT2D eigenvalue weighted by Gasteiger charge is -2.24. The standard InChI is InChI=1S/C16H26N4O2/c1-12(21)20-14-8-6-7-13(9-14)10-18-15(17-4)19-11-16(2,3)22-5/h6-9H,10-11H2,1-5H3,(H,20,21)(H2,17,18,19). The Balaban J connectivity index is 2.55. The van der Waals surface area contributed by atoms with E-state index in [9.17, 15) is 4.79 Å². The highest BCUT2D eigenvalue weighted by atomic mass is 16.5. The molecule has 0 heterocycles. The maximum atomic E-state index is 11.1. The van der Waals surface area contributed by atoms with Crippen LogP contribution in [-0.2, 0) is 16.1 Å². The van der Waals surface area contributed by atoms with Gasteiger partial charge in [0.05, 0.1) is 5.60 Å². The van der Waals surface area contributed by atoms with Gasteiger partial charge >= 0.3 is 0 Å². The third-order valence-electron chi connectivity index (χ3n) is 3.17. The number of aliphatic imine (C=N–C) groups is 1. The monoisotopic (exact) mass is 306 g/mol. The van der Waals surface area contributed by atoms with Crippen molar-refractivity contribution in [2.24, 2.45) is 4.99 Å². The number of ether oxygens (including phenoxy) is 1. The Kier molecular flexibility index (Phi) is 6.85. The minimum atomic E-state index is -0.261. The van der Waals surface area contributed by atoms with E-state index in [1.807, 2.05) is 38.1 Å². The van der Waals surface area contributed by atoms with E-state index in [0.717, 1.165) is 11.3 Å². The molecule has 0 aromatic heterocycles. The first kappa shape index (κ1) is 18.0. The molecule has 1 aromatic rings. The molecule has 1 aromatic carbocycles. The first-order valence-electron chi connectivity index (χ1n) is 7.22. The van der Waals surface area contributed by atoms with Crippen LogP contribution < -0.4 is 16.0 Å². The Hall–Kier alpha value is -2.08. The Morgan fingerprint density at radius 3 is 2.64 bits per heavy atom. The summed E-state index contributed by atoms with van der Waals surface area (Å²) in [5, 5.41) is 9.23. The fraction of sp³-hybridized carbons (Fsp3) is 0.500. The summed E-state index contributed by atoms with van der Waals surface area (Å²) in [5.74, 6) is 0.624. The van der Waals surface area contributed by atoms with Crippen LogP contribution in [0.2, 0.25) is 0 Å². The molecule has 122 valence electrons. The SMILES string of the molecule is CN=C(NCc1cccc(NC(C)=O)c1)NCC(C)(C)OC. The quantitative estimate of drug-likeness (QED) is 0.553. The van der Waals surface area contributed by atoms with E-state index in [4.69, 9.17) is 4.74 Å². The highest BCUT2D eigenvalue weighted by Crippen LogP contribution is 2.10. The van der Waals surface area contributed by atoms with E-state index in [1.54, 1.807) is 14.2 Å². The van der Waals surface area contributed by atoms with Gasteiger partial charge in [0.25, 0.3) is 0 Å². The number of hydrogen-bond acceptors (Lipinski definition) is 3. The summed E-state index contributed by atoms with van der Waals surface area (Å²) in [6.07, 6.45) is 0. The van der Waals surface area contributed by atoms with E-state index in [0.29, 0.717) is 19.0 Å². The molecule has 0 aliphatic rings. The fourth-order valence-corrected chi connectivity index (χ4v) is 1.74. The van der Waals surface area contributed by atoms with Gasteiger partial charge < -0.3 is 20.7 Å². The molecule has 0 fully saturated rings. The number of guanidine groups is 1. The van der Waals surface area contributed by atoms with Crippen LogP contribution in [0.15, 0.2) is 29.3 Å². The predicted molar refractivity (Wildman–Crippen MR) is 90.0 cm³/mol. The minimum Gasteiger partial charge on any atom is -0.377 e. The first-order chi connectivity index (χ1) is 10.4. The van der Waals surface area contributed by atoms with Crippen molar-refractivity contribution in [3.05, 3.63) is 29.8 Å². The molecule has 0 saturated heterocycles. The van der Waals surface area contributed by atoms with Crippen molar-refractivity contribution in [2.75, 3.05) is 26.0 Å². The zero-order valence-corrected chi connectivity index (χ0v) is 14.0. The van der Waals surface area contributed by atoms with Gasteiger partial charge in [0.2, 0.25) is 5.91 Å².